The van der Waals surface area contributed by atoms with E-state index in [0.29, 0.717) is 18.9 Å². The molecule has 1 aromatic carbocycles. The quantitative estimate of drug-likeness (QED) is 0.633. The van der Waals surface area contributed by atoms with Crippen molar-refractivity contribution in [2.45, 2.75) is 65.6 Å². The Morgan fingerprint density at radius 1 is 1.27 bits per heavy atom. The highest BCUT2D eigenvalue weighted by Crippen LogP contribution is 2.21. The van der Waals surface area contributed by atoms with Crippen LogP contribution in [-0.4, -0.2) is 47.6 Å². The van der Waals surface area contributed by atoms with E-state index in [1.807, 2.05) is 6.07 Å². The summed E-state index contributed by atoms with van der Waals surface area (Å²) < 4.78 is 0. The molecule has 1 amide bonds. The number of phenols is 1. The van der Waals surface area contributed by atoms with E-state index >= 15 is 0 Å². The van der Waals surface area contributed by atoms with Crippen molar-refractivity contribution in [3.05, 3.63) is 29.3 Å². The van der Waals surface area contributed by atoms with E-state index < -0.39 is 0 Å². The van der Waals surface area contributed by atoms with E-state index in [1.54, 1.807) is 12.1 Å². The van der Waals surface area contributed by atoms with Crippen LogP contribution in [0.3, 0.4) is 0 Å². The number of hydrogen-bond acceptors (Lipinski definition) is 4. The number of carbonyl (C=O) groups excluding carboxylic acids is 1. The van der Waals surface area contributed by atoms with Gasteiger partial charge in [0.15, 0.2) is 0 Å². The van der Waals surface area contributed by atoms with Gasteiger partial charge in [0.1, 0.15) is 5.75 Å². The van der Waals surface area contributed by atoms with Crippen LogP contribution in [0.4, 0.5) is 0 Å². The first-order chi connectivity index (χ1) is 12.4. The number of aromatic hydroxyl groups is 1. The molecule has 3 N–H and O–H groups in total. The van der Waals surface area contributed by atoms with Crippen molar-refractivity contribution in [2.24, 2.45) is 5.92 Å². The van der Waals surface area contributed by atoms with Gasteiger partial charge in [-0.3, -0.25) is 4.79 Å². The Kier molecular flexibility index (Phi) is 7.91. The molecule has 0 saturated heterocycles. The SMILES string of the molecule is CCCN(CCC)C[C@@H](NC(=O)[C@H]1Cc2ccc(O)cc2CN1)C(C)C. The minimum atomic E-state index is -0.209. The summed E-state index contributed by atoms with van der Waals surface area (Å²) >= 11 is 0. The summed E-state index contributed by atoms with van der Waals surface area (Å²) in [6, 6.07) is 5.35. The lowest BCUT2D eigenvalue weighted by Gasteiger charge is -2.32. The molecule has 26 heavy (non-hydrogen) atoms. The largest absolute Gasteiger partial charge is 0.508 e. The second-order valence-electron chi connectivity index (χ2n) is 7.75. The van der Waals surface area contributed by atoms with Gasteiger partial charge in [-0.05, 0) is 61.5 Å². The van der Waals surface area contributed by atoms with Crippen LogP contribution in [-0.2, 0) is 17.8 Å². The maximum absolute atomic E-state index is 12.8. The summed E-state index contributed by atoms with van der Waals surface area (Å²) in [6.45, 7) is 12.4. The lowest BCUT2D eigenvalue weighted by molar-refractivity contribution is -0.124. The summed E-state index contributed by atoms with van der Waals surface area (Å²) in [5.41, 5.74) is 2.22. The average molecular weight is 362 g/mol. The minimum absolute atomic E-state index is 0.0790. The highest BCUT2D eigenvalue weighted by Gasteiger charge is 2.27. The standard InChI is InChI=1S/C21H35N3O2/c1-5-9-24(10-6-2)14-20(15(3)4)23-21(26)19-12-16-7-8-18(25)11-17(16)13-22-19/h7-8,11,15,19-20,22,25H,5-6,9-10,12-14H2,1-4H3,(H,23,26)/t19-,20-/m1/s1. The van der Waals surface area contributed by atoms with Gasteiger partial charge in [-0.15, -0.1) is 0 Å². The number of benzene rings is 1. The predicted molar refractivity (Wildman–Crippen MR) is 106 cm³/mol. The average Bonchev–Trinajstić information content (AvgIpc) is 2.60. The Hall–Kier alpha value is -1.59. The Morgan fingerprint density at radius 3 is 2.58 bits per heavy atom. The molecule has 146 valence electrons. The summed E-state index contributed by atoms with van der Waals surface area (Å²) in [4.78, 5) is 15.3. The van der Waals surface area contributed by atoms with E-state index in [1.165, 1.54) is 0 Å². The van der Waals surface area contributed by atoms with Gasteiger partial charge in [0, 0.05) is 19.1 Å². The van der Waals surface area contributed by atoms with Gasteiger partial charge in [-0.1, -0.05) is 33.8 Å². The molecule has 0 bridgehead atoms. The second-order valence-corrected chi connectivity index (χ2v) is 7.75. The van der Waals surface area contributed by atoms with Crippen molar-refractivity contribution in [3.63, 3.8) is 0 Å². The molecule has 0 aromatic heterocycles. The Bertz CT molecular complexity index is 583. The van der Waals surface area contributed by atoms with Crippen molar-refractivity contribution in [2.75, 3.05) is 19.6 Å². The first-order valence-corrected chi connectivity index (χ1v) is 10.0. The third-order valence-electron chi connectivity index (χ3n) is 5.14. The van der Waals surface area contributed by atoms with Crippen LogP contribution in [0.5, 0.6) is 5.75 Å². The molecular formula is C21H35N3O2. The Morgan fingerprint density at radius 2 is 1.96 bits per heavy atom. The molecule has 1 aliphatic heterocycles. The zero-order valence-electron chi connectivity index (χ0n) is 16.7. The van der Waals surface area contributed by atoms with Crippen molar-refractivity contribution >= 4 is 5.91 Å². The number of nitrogens with one attached hydrogen (secondary N) is 2. The number of amides is 1. The van der Waals surface area contributed by atoms with E-state index in [9.17, 15) is 9.90 Å². The number of nitrogens with zero attached hydrogens (tertiary/aromatic N) is 1. The highest BCUT2D eigenvalue weighted by molar-refractivity contribution is 5.82. The van der Waals surface area contributed by atoms with Crippen molar-refractivity contribution in [1.29, 1.82) is 0 Å². The normalized spacial score (nSPS) is 18.0. The van der Waals surface area contributed by atoms with Gasteiger partial charge >= 0.3 is 0 Å². The predicted octanol–water partition coefficient (Wildman–Crippen LogP) is 2.67. The number of fused-ring (bicyclic) bond motifs is 1. The van der Waals surface area contributed by atoms with Crippen molar-refractivity contribution < 1.29 is 9.90 Å². The molecule has 5 nitrogen and oxygen atoms in total. The molecule has 0 unspecified atom stereocenters. The second kappa shape index (κ2) is 9.93. The van der Waals surface area contributed by atoms with Crippen LogP contribution in [0, 0.1) is 5.92 Å². The fraction of sp³-hybridized carbons (Fsp3) is 0.667. The smallest absolute Gasteiger partial charge is 0.237 e. The molecule has 5 heteroatoms. The van der Waals surface area contributed by atoms with Crippen LogP contribution in [0.1, 0.15) is 51.7 Å². The number of rotatable bonds is 9. The molecule has 1 aliphatic rings. The van der Waals surface area contributed by atoms with Crippen LogP contribution in [0.2, 0.25) is 0 Å². The molecule has 0 spiro atoms. The zero-order valence-corrected chi connectivity index (χ0v) is 16.7. The zero-order chi connectivity index (χ0) is 19.1. The molecule has 2 atom stereocenters. The lowest BCUT2D eigenvalue weighted by atomic mass is 9.94. The van der Waals surface area contributed by atoms with Gasteiger partial charge in [0.05, 0.1) is 6.04 Å². The number of hydrogen-bond donors (Lipinski definition) is 3. The van der Waals surface area contributed by atoms with Crippen molar-refractivity contribution in [3.8, 4) is 5.75 Å². The van der Waals surface area contributed by atoms with Crippen LogP contribution >= 0.6 is 0 Å². The molecule has 0 radical (unpaired) electrons. The molecule has 0 saturated carbocycles. The van der Waals surface area contributed by atoms with Gasteiger partial charge in [-0.25, -0.2) is 0 Å². The minimum Gasteiger partial charge on any atom is -0.508 e. The first-order valence-electron chi connectivity index (χ1n) is 10.0. The maximum Gasteiger partial charge on any atom is 0.237 e. The lowest BCUT2D eigenvalue weighted by Crippen LogP contribution is -2.54. The molecule has 0 fully saturated rings. The monoisotopic (exact) mass is 361 g/mol. The fourth-order valence-electron chi connectivity index (χ4n) is 3.60. The van der Waals surface area contributed by atoms with Crippen LogP contribution in [0.15, 0.2) is 18.2 Å². The summed E-state index contributed by atoms with van der Waals surface area (Å²) in [5, 5.41) is 16.2. The molecule has 0 aliphatic carbocycles. The Balaban J connectivity index is 1.98. The third kappa shape index (κ3) is 5.71. The molecular weight excluding hydrogens is 326 g/mol. The number of phenolic OH excluding ortho intramolecular Hbond substituents is 1. The van der Waals surface area contributed by atoms with E-state index in [2.05, 4.69) is 43.2 Å². The van der Waals surface area contributed by atoms with Gasteiger partial charge < -0.3 is 20.6 Å². The Labute approximate surface area is 158 Å². The van der Waals surface area contributed by atoms with Gasteiger partial charge in [0.2, 0.25) is 5.91 Å². The summed E-state index contributed by atoms with van der Waals surface area (Å²) in [7, 11) is 0. The maximum atomic E-state index is 12.8. The molecule has 1 heterocycles. The number of carbonyl (C=O) groups is 1. The van der Waals surface area contributed by atoms with E-state index in [4.69, 9.17) is 0 Å². The summed E-state index contributed by atoms with van der Waals surface area (Å²) in [6.07, 6.45) is 2.93. The van der Waals surface area contributed by atoms with Gasteiger partial charge in [0.25, 0.3) is 0 Å². The fourth-order valence-corrected chi connectivity index (χ4v) is 3.60. The van der Waals surface area contributed by atoms with E-state index in [0.717, 1.165) is 43.6 Å². The van der Waals surface area contributed by atoms with Crippen LogP contribution in [0.25, 0.3) is 0 Å². The van der Waals surface area contributed by atoms with Crippen LogP contribution < -0.4 is 10.6 Å². The molecule has 2 rings (SSSR count). The first kappa shape index (κ1) is 20.7. The molecule has 1 aromatic rings. The highest BCUT2D eigenvalue weighted by atomic mass is 16.3. The van der Waals surface area contributed by atoms with Crippen molar-refractivity contribution in [1.82, 2.24) is 15.5 Å². The summed E-state index contributed by atoms with van der Waals surface area (Å²) in [5.74, 6) is 0.749. The topological polar surface area (TPSA) is 64.6 Å². The van der Waals surface area contributed by atoms with E-state index in [-0.39, 0.29) is 23.7 Å². The van der Waals surface area contributed by atoms with Gasteiger partial charge in [-0.2, -0.15) is 0 Å². The third-order valence-corrected chi connectivity index (χ3v) is 5.14.